The number of aryl methyl sites for hydroxylation is 1. The predicted octanol–water partition coefficient (Wildman–Crippen LogP) is 1.05. The summed E-state index contributed by atoms with van der Waals surface area (Å²) in [6.07, 6.45) is 1.38. The van der Waals surface area contributed by atoms with Crippen molar-refractivity contribution in [3.05, 3.63) is 20.6 Å². The quantitative estimate of drug-likeness (QED) is 0.645. The fourth-order valence-corrected chi connectivity index (χ4v) is 2.12. The Morgan fingerprint density at radius 1 is 1.75 bits per heavy atom. The second kappa shape index (κ2) is 2.49. The number of H-pyrrole nitrogens is 1. The molecule has 4 nitrogen and oxygen atoms in total. The first-order chi connectivity index (χ1) is 5.70. The number of rotatable bonds is 0. The lowest BCUT2D eigenvalue weighted by atomic mass is 10.6. The molecule has 0 unspecified atom stereocenters. The second-order valence-electron chi connectivity index (χ2n) is 2.31. The number of hydrogen-bond acceptors (Lipinski definition) is 4. The van der Waals surface area contributed by atoms with E-state index in [0.29, 0.717) is 14.3 Å². The van der Waals surface area contributed by atoms with E-state index < -0.39 is 0 Å². The van der Waals surface area contributed by atoms with Crippen molar-refractivity contribution in [3.63, 3.8) is 0 Å². The van der Waals surface area contributed by atoms with Crippen molar-refractivity contribution in [3.8, 4) is 0 Å². The van der Waals surface area contributed by atoms with Crippen molar-refractivity contribution in [1.29, 1.82) is 0 Å². The zero-order valence-corrected chi connectivity index (χ0v) is 7.83. The van der Waals surface area contributed by atoms with E-state index in [2.05, 4.69) is 9.97 Å². The molecule has 2 aromatic rings. The smallest absolute Gasteiger partial charge is 0.270 e. The fourth-order valence-electron chi connectivity index (χ4n) is 0.951. The molecule has 0 saturated carbocycles. The maximum absolute atomic E-state index is 11.2. The summed E-state index contributed by atoms with van der Waals surface area (Å²) in [5.41, 5.74) is 0.519. The van der Waals surface area contributed by atoms with E-state index in [9.17, 15) is 4.79 Å². The monoisotopic (exact) mass is 199 g/mol. The molecule has 2 aromatic heterocycles. The third kappa shape index (κ3) is 0.919. The van der Waals surface area contributed by atoms with Crippen LogP contribution in [-0.4, -0.2) is 14.5 Å². The van der Waals surface area contributed by atoms with Crippen molar-refractivity contribution < 1.29 is 0 Å². The Bertz CT molecular complexity index is 535. The van der Waals surface area contributed by atoms with Gasteiger partial charge in [0, 0.05) is 7.05 Å². The van der Waals surface area contributed by atoms with E-state index in [0.717, 1.165) is 0 Å². The molecule has 0 aliphatic rings. The molecule has 0 bridgehead atoms. The average molecular weight is 199 g/mol. The van der Waals surface area contributed by atoms with Gasteiger partial charge in [0.1, 0.15) is 4.70 Å². The lowest BCUT2D eigenvalue weighted by molar-refractivity contribution is 0.935. The molecule has 0 radical (unpaired) electrons. The molecule has 6 heteroatoms. The fraction of sp³-hybridized carbons (Fsp3) is 0.167. The molecular formula is C6H5N3OS2. The SMILES string of the molecule is Cn1c(=S)sc2c(=O)[nH]cnc21. The minimum absolute atomic E-state index is 0.128. The minimum atomic E-state index is -0.128. The van der Waals surface area contributed by atoms with Gasteiger partial charge in [-0.15, -0.1) is 0 Å². The van der Waals surface area contributed by atoms with Gasteiger partial charge in [-0.1, -0.05) is 11.3 Å². The summed E-state index contributed by atoms with van der Waals surface area (Å²) in [7, 11) is 1.80. The number of hydrogen-bond donors (Lipinski definition) is 1. The summed E-state index contributed by atoms with van der Waals surface area (Å²) in [6, 6.07) is 0. The molecule has 2 heterocycles. The Hall–Kier alpha value is -1.01. The lowest BCUT2D eigenvalue weighted by Gasteiger charge is -1.90. The van der Waals surface area contributed by atoms with Crippen molar-refractivity contribution in [2.75, 3.05) is 0 Å². The van der Waals surface area contributed by atoms with Gasteiger partial charge >= 0.3 is 0 Å². The van der Waals surface area contributed by atoms with Crippen LogP contribution in [0.3, 0.4) is 0 Å². The van der Waals surface area contributed by atoms with Crippen molar-refractivity contribution in [2.24, 2.45) is 7.05 Å². The van der Waals surface area contributed by atoms with Gasteiger partial charge in [0.2, 0.25) is 0 Å². The molecular weight excluding hydrogens is 194 g/mol. The largest absolute Gasteiger partial charge is 0.312 e. The number of aromatic amines is 1. The van der Waals surface area contributed by atoms with Gasteiger partial charge in [-0.05, 0) is 12.2 Å². The van der Waals surface area contributed by atoms with Gasteiger partial charge in [0.25, 0.3) is 5.56 Å². The molecule has 0 spiro atoms. The maximum atomic E-state index is 11.2. The van der Waals surface area contributed by atoms with Gasteiger partial charge in [-0.25, -0.2) is 4.98 Å². The van der Waals surface area contributed by atoms with Crippen molar-refractivity contribution in [2.45, 2.75) is 0 Å². The summed E-state index contributed by atoms with van der Waals surface area (Å²) >= 11 is 6.28. The van der Waals surface area contributed by atoms with Crippen LogP contribution in [0.2, 0.25) is 0 Å². The zero-order chi connectivity index (χ0) is 8.72. The molecule has 0 saturated heterocycles. The van der Waals surface area contributed by atoms with E-state index in [1.54, 1.807) is 11.6 Å². The standard InChI is InChI=1S/C6H5N3OS2/c1-9-4-3(12-6(9)11)5(10)8-2-7-4/h2H,1H3,(H,7,8,10). The van der Waals surface area contributed by atoms with Crippen molar-refractivity contribution >= 4 is 33.9 Å². The highest BCUT2D eigenvalue weighted by Crippen LogP contribution is 2.14. The van der Waals surface area contributed by atoms with Crippen LogP contribution in [0.25, 0.3) is 10.3 Å². The van der Waals surface area contributed by atoms with Gasteiger partial charge in [-0.2, -0.15) is 0 Å². The first kappa shape index (κ1) is 7.63. The highest BCUT2D eigenvalue weighted by molar-refractivity contribution is 7.73. The van der Waals surface area contributed by atoms with Gasteiger partial charge in [-0.3, -0.25) is 4.79 Å². The normalized spacial score (nSPS) is 10.8. The molecule has 0 atom stereocenters. The summed E-state index contributed by atoms with van der Waals surface area (Å²) in [5.74, 6) is 0. The molecule has 0 aromatic carbocycles. The van der Waals surface area contributed by atoms with E-state index in [-0.39, 0.29) is 5.56 Å². The topological polar surface area (TPSA) is 50.7 Å². The molecule has 2 rings (SSSR count). The van der Waals surface area contributed by atoms with Crippen LogP contribution < -0.4 is 5.56 Å². The van der Waals surface area contributed by atoms with Gasteiger partial charge < -0.3 is 9.55 Å². The molecule has 0 amide bonds. The van der Waals surface area contributed by atoms with Crippen LogP contribution >= 0.6 is 23.6 Å². The molecule has 0 aliphatic carbocycles. The van der Waals surface area contributed by atoms with Crippen LogP contribution in [0.4, 0.5) is 0 Å². The van der Waals surface area contributed by atoms with Crippen LogP contribution in [0, 0.1) is 3.95 Å². The third-order valence-electron chi connectivity index (χ3n) is 1.57. The lowest BCUT2D eigenvalue weighted by Crippen LogP contribution is -2.05. The Kier molecular flexibility index (Phi) is 1.59. The molecule has 0 fully saturated rings. The first-order valence-corrected chi connectivity index (χ1v) is 4.46. The molecule has 0 aliphatic heterocycles. The number of nitrogens with one attached hydrogen (secondary N) is 1. The van der Waals surface area contributed by atoms with Crippen LogP contribution in [0.15, 0.2) is 11.1 Å². The predicted molar refractivity (Wildman–Crippen MR) is 50.0 cm³/mol. The van der Waals surface area contributed by atoms with Crippen LogP contribution in [-0.2, 0) is 7.05 Å². The minimum Gasteiger partial charge on any atom is -0.312 e. The zero-order valence-electron chi connectivity index (χ0n) is 6.20. The molecule has 12 heavy (non-hydrogen) atoms. The summed E-state index contributed by atoms with van der Waals surface area (Å²) in [6.45, 7) is 0. The van der Waals surface area contributed by atoms with E-state index in [4.69, 9.17) is 12.2 Å². The van der Waals surface area contributed by atoms with E-state index in [1.807, 2.05) is 0 Å². The number of fused-ring (bicyclic) bond motifs is 1. The van der Waals surface area contributed by atoms with Crippen molar-refractivity contribution in [1.82, 2.24) is 14.5 Å². The summed E-state index contributed by atoms with van der Waals surface area (Å²) < 4.78 is 2.98. The average Bonchev–Trinajstić information content (AvgIpc) is 2.32. The number of thiazole rings is 1. The second-order valence-corrected chi connectivity index (χ2v) is 3.96. The number of aromatic nitrogens is 3. The molecule has 62 valence electrons. The highest BCUT2D eigenvalue weighted by atomic mass is 32.1. The van der Waals surface area contributed by atoms with E-state index in [1.165, 1.54) is 17.7 Å². The van der Waals surface area contributed by atoms with E-state index >= 15 is 0 Å². The van der Waals surface area contributed by atoms with Gasteiger partial charge in [0.15, 0.2) is 9.60 Å². The van der Waals surface area contributed by atoms with Crippen LogP contribution in [0.5, 0.6) is 0 Å². The summed E-state index contributed by atoms with van der Waals surface area (Å²) in [5, 5.41) is 0. The Labute approximate surface area is 76.5 Å². The van der Waals surface area contributed by atoms with Gasteiger partial charge in [0.05, 0.1) is 6.33 Å². The Balaban J connectivity index is 3.16. The Morgan fingerprint density at radius 2 is 2.50 bits per heavy atom. The maximum Gasteiger partial charge on any atom is 0.270 e. The Morgan fingerprint density at radius 3 is 3.17 bits per heavy atom. The van der Waals surface area contributed by atoms with Crippen LogP contribution in [0.1, 0.15) is 0 Å². The highest BCUT2D eigenvalue weighted by Gasteiger charge is 2.04. The number of nitrogens with zero attached hydrogens (tertiary/aromatic N) is 2. The third-order valence-corrected chi connectivity index (χ3v) is 3.12. The first-order valence-electron chi connectivity index (χ1n) is 3.23. The summed E-state index contributed by atoms with van der Waals surface area (Å²) in [4.78, 5) is 17.7. The molecule has 1 N–H and O–H groups in total.